The van der Waals surface area contributed by atoms with Gasteiger partial charge < -0.3 is 19.7 Å². The number of carboxylic acids is 2. The Hall–Kier alpha value is -4.28. The zero-order chi connectivity index (χ0) is 23.1. The van der Waals surface area contributed by atoms with Crippen molar-refractivity contribution >= 4 is 29.6 Å². The standard InChI is InChI=1S/C20H17NO10/c1-2-5-16(30-19(26)14-7-4-3-6-12(14)17(22)23)31-20(27)15-10-11(21(28)29)8-9-13(15)18(24)25/h3-4,6-10,16H,2,5H2,1H3,(H,22,23)(H,24,25). The second-order valence-corrected chi connectivity index (χ2v) is 6.17. The van der Waals surface area contributed by atoms with Gasteiger partial charge in [-0.2, -0.15) is 0 Å². The quantitative estimate of drug-likeness (QED) is 0.260. The van der Waals surface area contributed by atoms with Gasteiger partial charge in [0, 0.05) is 18.6 Å². The van der Waals surface area contributed by atoms with Crippen molar-refractivity contribution in [2.24, 2.45) is 0 Å². The zero-order valence-electron chi connectivity index (χ0n) is 16.1. The number of nitro groups is 1. The number of carbonyl (C=O) groups excluding carboxylic acids is 2. The van der Waals surface area contributed by atoms with Crippen LogP contribution in [0.5, 0.6) is 0 Å². The van der Waals surface area contributed by atoms with E-state index in [4.69, 9.17) is 9.47 Å². The number of esters is 2. The number of nitrogens with zero attached hydrogens (tertiary/aromatic N) is 1. The summed E-state index contributed by atoms with van der Waals surface area (Å²) in [6.07, 6.45) is -1.08. The van der Waals surface area contributed by atoms with Crippen LogP contribution in [0.15, 0.2) is 42.5 Å². The SMILES string of the molecule is CCCC(OC(=O)c1ccccc1C(=O)O)OC(=O)c1cc([N+](=O)[O-])ccc1C(=O)O. The average molecular weight is 431 g/mol. The van der Waals surface area contributed by atoms with Crippen molar-refractivity contribution < 1.29 is 43.8 Å². The smallest absolute Gasteiger partial charge is 0.342 e. The molecule has 2 N–H and O–H groups in total. The Morgan fingerprint density at radius 2 is 1.42 bits per heavy atom. The molecule has 1 atom stereocenters. The fraction of sp³-hybridized carbons (Fsp3) is 0.200. The summed E-state index contributed by atoms with van der Waals surface area (Å²) in [7, 11) is 0. The molecule has 0 heterocycles. The average Bonchev–Trinajstić information content (AvgIpc) is 2.73. The van der Waals surface area contributed by atoms with Crippen LogP contribution in [0.25, 0.3) is 0 Å². The highest BCUT2D eigenvalue weighted by molar-refractivity contribution is 6.04. The summed E-state index contributed by atoms with van der Waals surface area (Å²) < 4.78 is 10.2. The van der Waals surface area contributed by atoms with Gasteiger partial charge in [-0.25, -0.2) is 19.2 Å². The van der Waals surface area contributed by atoms with Gasteiger partial charge in [-0.3, -0.25) is 10.1 Å². The summed E-state index contributed by atoms with van der Waals surface area (Å²) in [5, 5.41) is 29.4. The molecule has 31 heavy (non-hydrogen) atoms. The molecule has 1 unspecified atom stereocenters. The van der Waals surface area contributed by atoms with E-state index in [9.17, 15) is 39.5 Å². The normalized spacial score (nSPS) is 11.3. The van der Waals surface area contributed by atoms with Crippen LogP contribution in [0.1, 0.15) is 61.2 Å². The molecule has 0 aliphatic carbocycles. The van der Waals surface area contributed by atoms with Gasteiger partial charge in [-0.05, 0) is 24.6 Å². The van der Waals surface area contributed by atoms with Crippen molar-refractivity contribution in [3.05, 3.63) is 74.8 Å². The van der Waals surface area contributed by atoms with E-state index in [0.717, 1.165) is 18.2 Å². The van der Waals surface area contributed by atoms with E-state index in [2.05, 4.69) is 0 Å². The highest BCUT2D eigenvalue weighted by Gasteiger charge is 2.27. The number of non-ortho nitro benzene ring substituents is 1. The van der Waals surface area contributed by atoms with E-state index in [1.54, 1.807) is 6.92 Å². The number of hydrogen-bond acceptors (Lipinski definition) is 8. The Bertz CT molecular complexity index is 1050. The van der Waals surface area contributed by atoms with Gasteiger partial charge in [-0.15, -0.1) is 0 Å². The number of benzene rings is 2. The van der Waals surface area contributed by atoms with E-state index in [1.165, 1.54) is 24.3 Å². The minimum absolute atomic E-state index is 0.0179. The number of hydrogen-bond donors (Lipinski definition) is 2. The van der Waals surface area contributed by atoms with Gasteiger partial charge in [0.15, 0.2) is 0 Å². The zero-order valence-corrected chi connectivity index (χ0v) is 16.1. The molecule has 0 aliphatic heterocycles. The minimum Gasteiger partial charge on any atom is -0.478 e. The number of ether oxygens (including phenoxy) is 2. The summed E-state index contributed by atoms with van der Waals surface area (Å²) in [6.45, 7) is 1.69. The van der Waals surface area contributed by atoms with Crippen molar-refractivity contribution in [2.45, 2.75) is 26.1 Å². The van der Waals surface area contributed by atoms with E-state index in [-0.39, 0.29) is 17.5 Å². The molecule has 0 amide bonds. The Morgan fingerprint density at radius 1 is 0.903 bits per heavy atom. The van der Waals surface area contributed by atoms with Crippen LogP contribution >= 0.6 is 0 Å². The molecule has 0 fully saturated rings. The lowest BCUT2D eigenvalue weighted by atomic mass is 10.1. The summed E-state index contributed by atoms with van der Waals surface area (Å²) in [5.74, 6) is -5.19. The molecule has 0 aliphatic rings. The van der Waals surface area contributed by atoms with Crippen molar-refractivity contribution in [1.82, 2.24) is 0 Å². The Balaban J connectivity index is 2.30. The summed E-state index contributed by atoms with van der Waals surface area (Å²) >= 11 is 0. The topological polar surface area (TPSA) is 170 Å². The Labute approximate surface area is 175 Å². The molecule has 0 spiro atoms. The van der Waals surface area contributed by atoms with Crippen LogP contribution in [0.3, 0.4) is 0 Å². The molecule has 0 saturated heterocycles. The van der Waals surface area contributed by atoms with Crippen molar-refractivity contribution in [3.8, 4) is 0 Å². The number of carboxylic acid groups (broad SMARTS) is 2. The minimum atomic E-state index is -1.51. The molecule has 2 rings (SSSR count). The molecule has 162 valence electrons. The van der Waals surface area contributed by atoms with Gasteiger partial charge in [0.2, 0.25) is 6.29 Å². The molecule has 2 aromatic rings. The second-order valence-electron chi connectivity index (χ2n) is 6.17. The van der Waals surface area contributed by atoms with Crippen molar-refractivity contribution in [2.75, 3.05) is 0 Å². The lowest BCUT2D eigenvalue weighted by Crippen LogP contribution is -2.26. The first kappa shape index (κ1) is 23.0. The lowest BCUT2D eigenvalue weighted by molar-refractivity contribution is -0.384. The molecule has 11 heteroatoms. The Kier molecular flexibility index (Phi) is 7.39. The van der Waals surface area contributed by atoms with E-state index < -0.39 is 51.9 Å². The molecule has 11 nitrogen and oxygen atoms in total. The summed E-state index contributed by atoms with van der Waals surface area (Å²) in [6, 6.07) is 7.82. The molecule has 0 bridgehead atoms. The van der Waals surface area contributed by atoms with E-state index >= 15 is 0 Å². The molecule has 0 saturated carbocycles. The monoisotopic (exact) mass is 431 g/mol. The second kappa shape index (κ2) is 9.96. The van der Waals surface area contributed by atoms with Gasteiger partial charge in [-0.1, -0.05) is 19.1 Å². The van der Waals surface area contributed by atoms with E-state index in [1.807, 2.05) is 0 Å². The van der Waals surface area contributed by atoms with Gasteiger partial charge in [0.1, 0.15) is 0 Å². The molecule has 0 radical (unpaired) electrons. The van der Waals surface area contributed by atoms with Crippen LogP contribution in [0.4, 0.5) is 5.69 Å². The first-order valence-electron chi connectivity index (χ1n) is 8.91. The highest BCUT2D eigenvalue weighted by Crippen LogP contribution is 2.21. The first-order chi connectivity index (χ1) is 14.6. The van der Waals surface area contributed by atoms with Crippen LogP contribution < -0.4 is 0 Å². The largest absolute Gasteiger partial charge is 0.478 e. The third kappa shape index (κ3) is 5.63. The predicted molar refractivity (Wildman–Crippen MR) is 103 cm³/mol. The number of rotatable bonds is 9. The lowest BCUT2D eigenvalue weighted by Gasteiger charge is -2.18. The fourth-order valence-corrected chi connectivity index (χ4v) is 2.59. The third-order valence-corrected chi connectivity index (χ3v) is 4.04. The molecular formula is C20H17NO10. The number of aromatic carboxylic acids is 2. The van der Waals surface area contributed by atoms with Crippen LogP contribution in [0, 0.1) is 10.1 Å². The molecular weight excluding hydrogens is 414 g/mol. The third-order valence-electron chi connectivity index (χ3n) is 4.04. The van der Waals surface area contributed by atoms with Crippen LogP contribution in [-0.4, -0.2) is 45.3 Å². The van der Waals surface area contributed by atoms with Gasteiger partial charge >= 0.3 is 23.9 Å². The number of carbonyl (C=O) groups is 4. The first-order valence-corrected chi connectivity index (χ1v) is 8.91. The maximum absolute atomic E-state index is 12.5. The summed E-state index contributed by atoms with van der Waals surface area (Å²) in [5.41, 5.74) is -2.25. The van der Waals surface area contributed by atoms with Crippen LogP contribution in [-0.2, 0) is 9.47 Å². The molecule has 0 aromatic heterocycles. The highest BCUT2D eigenvalue weighted by atomic mass is 16.7. The maximum atomic E-state index is 12.5. The maximum Gasteiger partial charge on any atom is 0.342 e. The van der Waals surface area contributed by atoms with Crippen LogP contribution in [0.2, 0.25) is 0 Å². The van der Waals surface area contributed by atoms with Gasteiger partial charge in [0.05, 0.1) is 27.2 Å². The molecule has 2 aromatic carbocycles. The Morgan fingerprint density at radius 3 is 1.94 bits per heavy atom. The fourth-order valence-electron chi connectivity index (χ4n) is 2.59. The van der Waals surface area contributed by atoms with E-state index in [0.29, 0.717) is 6.42 Å². The van der Waals surface area contributed by atoms with Crippen molar-refractivity contribution in [1.29, 1.82) is 0 Å². The summed E-state index contributed by atoms with van der Waals surface area (Å²) in [4.78, 5) is 57.8. The van der Waals surface area contributed by atoms with Gasteiger partial charge in [0.25, 0.3) is 5.69 Å². The number of nitro benzene ring substituents is 1. The predicted octanol–water partition coefficient (Wildman–Crippen LogP) is 3.13. The van der Waals surface area contributed by atoms with Crippen molar-refractivity contribution in [3.63, 3.8) is 0 Å².